The molecule has 5 aromatic carbocycles. The number of rotatable bonds is 3. The van der Waals surface area contributed by atoms with E-state index in [1.807, 2.05) is 36.4 Å². The molecule has 2 aromatic heterocycles. The molecule has 0 radical (unpaired) electrons. The molecule has 0 fully saturated rings. The van der Waals surface area contributed by atoms with Crippen LogP contribution in [0.3, 0.4) is 0 Å². The van der Waals surface area contributed by atoms with Gasteiger partial charge in [-0.25, -0.2) is 0 Å². The highest BCUT2D eigenvalue weighted by atomic mass is 16.3. The van der Waals surface area contributed by atoms with E-state index < -0.39 is 0 Å². The molecule has 160 valence electrons. The third kappa shape index (κ3) is 2.89. The van der Waals surface area contributed by atoms with Gasteiger partial charge in [0.25, 0.3) is 0 Å². The first kappa shape index (κ1) is 19.0. The van der Waals surface area contributed by atoms with Gasteiger partial charge in [0, 0.05) is 32.7 Å². The van der Waals surface area contributed by atoms with Gasteiger partial charge in [0.1, 0.15) is 22.7 Å². The smallest absolute Gasteiger partial charge is 0.143 e. The quantitative estimate of drug-likeness (QED) is 0.276. The van der Waals surface area contributed by atoms with Crippen molar-refractivity contribution in [1.29, 1.82) is 0 Å². The fraction of sp³-hybridized carbons (Fsp3) is 0. The Morgan fingerprint density at radius 1 is 0.353 bits per heavy atom. The molecule has 7 aromatic rings. The SMILES string of the molecule is c1ccc(-c2oc(-c3ccccc3-c3ccc4c(c3)oc3ccccc34)c3ccccc23)cc1. The minimum atomic E-state index is 0.884. The highest BCUT2D eigenvalue weighted by molar-refractivity contribution is 6.07. The van der Waals surface area contributed by atoms with Crippen molar-refractivity contribution in [1.82, 2.24) is 0 Å². The van der Waals surface area contributed by atoms with E-state index in [0.29, 0.717) is 0 Å². The second-order valence-corrected chi connectivity index (χ2v) is 8.53. The molecule has 7 rings (SSSR count). The van der Waals surface area contributed by atoms with Gasteiger partial charge in [0.05, 0.1) is 0 Å². The van der Waals surface area contributed by atoms with Crippen molar-refractivity contribution in [2.24, 2.45) is 0 Å². The van der Waals surface area contributed by atoms with E-state index in [9.17, 15) is 0 Å². The lowest BCUT2D eigenvalue weighted by molar-refractivity contribution is 0.602. The highest BCUT2D eigenvalue weighted by Gasteiger charge is 2.19. The fourth-order valence-corrected chi connectivity index (χ4v) is 4.92. The molecule has 2 nitrogen and oxygen atoms in total. The standard InChI is InChI=1S/C32H20O2/c1-2-10-21(11-3-1)31-27-15-6-7-16-28(27)32(34-31)26-14-5-4-12-23(26)22-18-19-25-24-13-8-9-17-29(24)33-30(25)20-22/h1-20H. The Kier molecular flexibility index (Phi) is 4.18. The first-order valence-corrected chi connectivity index (χ1v) is 11.4. The van der Waals surface area contributed by atoms with Gasteiger partial charge < -0.3 is 8.83 Å². The summed E-state index contributed by atoms with van der Waals surface area (Å²) in [5, 5.41) is 4.50. The summed E-state index contributed by atoms with van der Waals surface area (Å²) < 4.78 is 12.8. The van der Waals surface area contributed by atoms with Crippen LogP contribution in [0.4, 0.5) is 0 Å². The van der Waals surface area contributed by atoms with Crippen LogP contribution >= 0.6 is 0 Å². The Bertz CT molecular complexity index is 1800. The van der Waals surface area contributed by atoms with E-state index in [4.69, 9.17) is 8.83 Å². The Labute approximate surface area is 196 Å². The number of hydrogen-bond donors (Lipinski definition) is 0. The third-order valence-corrected chi connectivity index (χ3v) is 6.52. The molecule has 0 aliphatic rings. The Balaban J connectivity index is 1.45. The van der Waals surface area contributed by atoms with Crippen molar-refractivity contribution < 1.29 is 8.83 Å². The van der Waals surface area contributed by atoms with Crippen LogP contribution in [0, 0.1) is 0 Å². The molecular formula is C32H20O2. The monoisotopic (exact) mass is 436 g/mol. The zero-order valence-corrected chi connectivity index (χ0v) is 18.4. The molecule has 0 aliphatic heterocycles. The van der Waals surface area contributed by atoms with Crippen LogP contribution < -0.4 is 0 Å². The molecule has 0 bridgehead atoms. The Morgan fingerprint density at radius 2 is 0.971 bits per heavy atom. The van der Waals surface area contributed by atoms with Gasteiger partial charge in [-0.2, -0.15) is 0 Å². The maximum atomic E-state index is 6.61. The summed E-state index contributed by atoms with van der Waals surface area (Å²) in [6.45, 7) is 0. The minimum Gasteiger partial charge on any atom is -0.456 e. The number of furan rings is 2. The highest BCUT2D eigenvalue weighted by Crippen LogP contribution is 2.43. The summed E-state index contributed by atoms with van der Waals surface area (Å²) >= 11 is 0. The second kappa shape index (κ2) is 7.50. The normalized spacial score (nSPS) is 11.5. The molecule has 0 atom stereocenters. The fourth-order valence-electron chi connectivity index (χ4n) is 4.92. The molecule has 0 aliphatic carbocycles. The van der Waals surface area contributed by atoms with Gasteiger partial charge in [-0.15, -0.1) is 0 Å². The van der Waals surface area contributed by atoms with Gasteiger partial charge in [-0.05, 0) is 29.3 Å². The maximum absolute atomic E-state index is 6.61. The van der Waals surface area contributed by atoms with Crippen molar-refractivity contribution in [3.8, 4) is 33.8 Å². The average Bonchev–Trinajstić information content (AvgIpc) is 3.47. The van der Waals surface area contributed by atoms with E-state index in [1.54, 1.807) is 0 Å². The topological polar surface area (TPSA) is 26.3 Å². The second-order valence-electron chi connectivity index (χ2n) is 8.53. The summed E-state index contributed by atoms with van der Waals surface area (Å²) in [7, 11) is 0. The van der Waals surface area contributed by atoms with E-state index in [0.717, 1.165) is 66.5 Å². The lowest BCUT2D eigenvalue weighted by Crippen LogP contribution is -1.84. The average molecular weight is 437 g/mol. The van der Waals surface area contributed by atoms with Crippen LogP contribution in [0.5, 0.6) is 0 Å². The molecular weight excluding hydrogens is 416 g/mol. The summed E-state index contributed by atoms with van der Waals surface area (Å²) in [6, 6.07) is 41.8. The lowest BCUT2D eigenvalue weighted by Gasteiger charge is -2.08. The van der Waals surface area contributed by atoms with E-state index in [-0.39, 0.29) is 0 Å². The number of fused-ring (bicyclic) bond motifs is 4. The summed E-state index contributed by atoms with van der Waals surface area (Å²) in [5.41, 5.74) is 6.16. The van der Waals surface area contributed by atoms with Crippen molar-refractivity contribution >= 4 is 32.7 Å². The third-order valence-electron chi connectivity index (χ3n) is 6.52. The molecule has 0 N–H and O–H groups in total. The molecule has 0 saturated heterocycles. The van der Waals surface area contributed by atoms with Crippen LogP contribution in [-0.2, 0) is 0 Å². The van der Waals surface area contributed by atoms with E-state index in [1.165, 1.54) is 0 Å². The lowest BCUT2D eigenvalue weighted by atomic mass is 9.95. The Morgan fingerprint density at radius 3 is 1.79 bits per heavy atom. The molecule has 0 saturated carbocycles. The predicted octanol–water partition coefficient (Wildman–Crippen LogP) is 9.33. The number of para-hydroxylation sites is 1. The van der Waals surface area contributed by atoms with Crippen molar-refractivity contribution in [2.75, 3.05) is 0 Å². The molecule has 0 amide bonds. The van der Waals surface area contributed by atoms with Gasteiger partial charge in [0.2, 0.25) is 0 Å². The zero-order valence-electron chi connectivity index (χ0n) is 18.4. The van der Waals surface area contributed by atoms with E-state index in [2.05, 4.69) is 84.9 Å². The molecule has 2 heteroatoms. The van der Waals surface area contributed by atoms with Gasteiger partial charge in [-0.1, -0.05) is 103 Å². The maximum Gasteiger partial charge on any atom is 0.143 e. The van der Waals surface area contributed by atoms with Crippen LogP contribution in [-0.4, -0.2) is 0 Å². The summed E-state index contributed by atoms with van der Waals surface area (Å²) in [6.07, 6.45) is 0. The van der Waals surface area contributed by atoms with Crippen LogP contribution in [0.1, 0.15) is 0 Å². The molecule has 2 heterocycles. The predicted molar refractivity (Wildman–Crippen MR) is 140 cm³/mol. The Hall–Kier alpha value is -4.56. The number of hydrogen-bond acceptors (Lipinski definition) is 2. The van der Waals surface area contributed by atoms with Crippen molar-refractivity contribution in [2.45, 2.75) is 0 Å². The molecule has 0 unspecified atom stereocenters. The molecule has 0 spiro atoms. The summed E-state index contributed by atoms with van der Waals surface area (Å²) in [5.74, 6) is 1.78. The van der Waals surface area contributed by atoms with Gasteiger partial charge in [-0.3, -0.25) is 0 Å². The largest absolute Gasteiger partial charge is 0.456 e. The van der Waals surface area contributed by atoms with Crippen molar-refractivity contribution in [3.63, 3.8) is 0 Å². The first-order valence-electron chi connectivity index (χ1n) is 11.4. The minimum absolute atomic E-state index is 0.884. The first-order chi connectivity index (χ1) is 16.9. The van der Waals surface area contributed by atoms with Crippen molar-refractivity contribution in [3.05, 3.63) is 121 Å². The zero-order chi connectivity index (χ0) is 22.5. The van der Waals surface area contributed by atoms with Crippen LogP contribution in [0.25, 0.3) is 66.5 Å². The van der Waals surface area contributed by atoms with Gasteiger partial charge in [0.15, 0.2) is 0 Å². The van der Waals surface area contributed by atoms with E-state index >= 15 is 0 Å². The summed E-state index contributed by atoms with van der Waals surface area (Å²) in [4.78, 5) is 0. The molecule has 34 heavy (non-hydrogen) atoms. The van der Waals surface area contributed by atoms with Gasteiger partial charge >= 0.3 is 0 Å². The number of benzene rings is 5. The van der Waals surface area contributed by atoms with Crippen LogP contribution in [0.15, 0.2) is 130 Å². The van der Waals surface area contributed by atoms with Crippen LogP contribution in [0.2, 0.25) is 0 Å².